The third-order valence-corrected chi connectivity index (χ3v) is 15.6. The second-order valence-electron chi connectivity index (χ2n) is 11.2. The molecule has 4 nitrogen and oxygen atoms in total. The largest absolute Gasteiger partial charge is 0.541 e. The smallest absolute Gasteiger partial charge is 0.250 e. The third-order valence-electron chi connectivity index (χ3n) is 6.82. The maximum atomic E-state index is 9.99. The molecular weight excluding hydrogens is 408 g/mol. The van der Waals surface area contributed by atoms with Crippen molar-refractivity contribution in [1.82, 2.24) is 0 Å². The van der Waals surface area contributed by atoms with Crippen molar-refractivity contribution in [3.8, 4) is 11.5 Å². The van der Waals surface area contributed by atoms with Gasteiger partial charge in [0, 0.05) is 5.92 Å². The lowest BCUT2D eigenvalue weighted by molar-refractivity contribution is 0.0996. The van der Waals surface area contributed by atoms with E-state index in [0.717, 1.165) is 11.3 Å². The molecule has 0 fully saturated rings. The van der Waals surface area contributed by atoms with Crippen molar-refractivity contribution < 1.29 is 18.7 Å². The van der Waals surface area contributed by atoms with Gasteiger partial charge in [-0.2, -0.15) is 0 Å². The Bertz CT molecular complexity index is 715. The molecule has 0 unspecified atom stereocenters. The van der Waals surface area contributed by atoms with E-state index in [-0.39, 0.29) is 28.7 Å². The van der Waals surface area contributed by atoms with Gasteiger partial charge in [0.25, 0.3) is 8.32 Å². The number of hydrogen-bond donors (Lipinski definition) is 1. The standard InChI is InChI=1S/C24H44O4Si2/c1-13-18(17-25)22(28-30(11,12)24(5,6)7)19-14-15-20(21(16-19)26-8)27-29(9,10)23(2,3)4/h13-16,18,22,25H,1,17H2,2-12H3/t18-,22+/m1/s1. The van der Waals surface area contributed by atoms with Crippen molar-refractivity contribution in [1.29, 1.82) is 0 Å². The van der Waals surface area contributed by atoms with E-state index in [9.17, 15) is 5.11 Å². The van der Waals surface area contributed by atoms with Crippen LogP contribution in [0.2, 0.25) is 36.3 Å². The molecule has 0 aliphatic rings. The summed E-state index contributed by atoms with van der Waals surface area (Å²) in [7, 11) is -2.41. The number of methoxy groups -OCH3 is 1. The molecule has 6 heteroatoms. The summed E-state index contributed by atoms with van der Waals surface area (Å²) in [5.41, 5.74) is 0.971. The molecule has 0 aromatic heterocycles. The SMILES string of the molecule is C=C[C@H](CO)[C@H](O[Si](C)(C)C(C)(C)C)c1ccc(O[Si](C)(C)C(C)(C)C)c(OC)c1. The van der Waals surface area contributed by atoms with E-state index < -0.39 is 16.6 Å². The van der Waals surface area contributed by atoms with Crippen LogP contribution in [0.1, 0.15) is 53.2 Å². The quantitative estimate of drug-likeness (QED) is 0.326. The van der Waals surface area contributed by atoms with Gasteiger partial charge in [-0.25, -0.2) is 0 Å². The van der Waals surface area contributed by atoms with E-state index in [1.807, 2.05) is 18.2 Å². The predicted octanol–water partition coefficient (Wildman–Crippen LogP) is 6.94. The molecule has 1 rings (SSSR count). The number of hydrogen-bond acceptors (Lipinski definition) is 4. The number of aliphatic hydroxyl groups excluding tert-OH is 1. The number of rotatable bonds is 9. The number of benzene rings is 1. The van der Waals surface area contributed by atoms with Gasteiger partial charge in [-0.05, 0) is 54.0 Å². The minimum atomic E-state index is -2.07. The van der Waals surface area contributed by atoms with Crippen molar-refractivity contribution in [2.75, 3.05) is 13.7 Å². The lowest BCUT2D eigenvalue weighted by Crippen LogP contribution is -2.44. The first-order valence-electron chi connectivity index (χ1n) is 10.8. The van der Waals surface area contributed by atoms with Crippen molar-refractivity contribution in [2.24, 2.45) is 5.92 Å². The van der Waals surface area contributed by atoms with Crippen LogP contribution in [-0.4, -0.2) is 35.5 Å². The second-order valence-corrected chi connectivity index (χ2v) is 20.6. The molecule has 1 N–H and O–H groups in total. The van der Waals surface area contributed by atoms with Crippen molar-refractivity contribution in [2.45, 2.75) is 83.9 Å². The van der Waals surface area contributed by atoms with Crippen molar-refractivity contribution >= 4 is 16.6 Å². The first kappa shape index (κ1) is 26.9. The molecule has 0 heterocycles. The molecule has 0 spiro atoms. The maximum absolute atomic E-state index is 9.99. The molecule has 30 heavy (non-hydrogen) atoms. The zero-order chi connectivity index (χ0) is 23.5. The second kappa shape index (κ2) is 9.59. The van der Waals surface area contributed by atoms with Gasteiger partial charge < -0.3 is 18.7 Å². The monoisotopic (exact) mass is 452 g/mol. The molecule has 1 aromatic rings. The highest BCUT2D eigenvalue weighted by atomic mass is 28.4. The van der Waals surface area contributed by atoms with Crippen LogP contribution in [0, 0.1) is 5.92 Å². The summed E-state index contributed by atoms with van der Waals surface area (Å²) in [5, 5.41) is 10.1. The average molecular weight is 453 g/mol. The van der Waals surface area contributed by atoms with Crippen LogP contribution in [0.3, 0.4) is 0 Å². The number of aliphatic hydroxyl groups is 1. The Morgan fingerprint density at radius 3 is 1.90 bits per heavy atom. The lowest BCUT2D eigenvalue weighted by Gasteiger charge is -2.41. The molecular formula is C24H44O4Si2. The molecule has 0 amide bonds. The van der Waals surface area contributed by atoms with Gasteiger partial charge in [0.05, 0.1) is 19.8 Å². The summed E-state index contributed by atoms with van der Waals surface area (Å²) in [6, 6.07) is 6.01. The third kappa shape index (κ3) is 6.22. The average Bonchev–Trinajstić information content (AvgIpc) is 2.60. The van der Waals surface area contributed by atoms with Crippen molar-refractivity contribution in [3.05, 3.63) is 36.4 Å². The van der Waals surface area contributed by atoms with Gasteiger partial charge in [-0.3, -0.25) is 0 Å². The van der Waals surface area contributed by atoms with Gasteiger partial charge in [-0.15, -0.1) is 6.58 Å². The van der Waals surface area contributed by atoms with Crippen LogP contribution in [0.15, 0.2) is 30.9 Å². The highest BCUT2D eigenvalue weighted by Gasteiger charge is 2.42. The summed E-state index contributed by atoms with van der Waals surface area (Å²) in [6.45, 7) is 26.1. The van der Waals surface area contributed by atoms with E-state index in [0.29, 0.717) is 5.75 Å². The Morgan fingerprint density at radius 1 is 0.967 bits per heavy atom. The Kier molecular flexibility index (Phi) is 8.62. The summed E-state index contributed by atoms with van der Waals surface area (Å²) in [4.78, 5) is 0. The van der Waals surface area contributed by atoms with E-state index >= 15 is 0 Å². The molecule has 0 bridgehead atoms. The lowest BCUT2D eigenvalue weighted by atomic mass is 9.96. The minimum absolute atomic E-state index is 0.0205. The Morgan fingerprint density at radius 2 is 1.50 bits per heavy atom. The molecule has 0 aliphatic carbocycles. The highest BCUT2D eigenvalue weighted by Crippen LogP contribution is 2.44. The molecule has 2 atom stereocenters. The summed E-state index contributed by atoms with van der Waals surface area (Å²) in [5.74, 6) is 1.26. The zero-order valence-corrected chi connectivity index (χ0v) is 23.1. The predicted molar refractivity (Wildman–Crippen MR) is 133 cm³/mol. The van der Waals surface area contributed by atoms with E-state index in [4.69, 9.17) is 13.6 Å². The first-order valence-corrected chi connectivity index (χ1v) is 16.6. The fraction of sp³-hybridized carbons (Fsp3) is 0.667. The van der Waals surface area contributed by atoms with Gasteiger partial charge in [-0.1, -0.05) is 53.7 Å². The number of ether oxygens (including phenoxy) is 1. The molecule has 0 saturated heterocycles. The van der Waals surface area contributed by atoms with E-state index in [1.54, 1.807) is 13.2 Å². The molecule has 0 aliphatic heterocycles. The molecule has 0 radical (unpaired) electrons. The van der Waals surface area contributed by atoms with Crippen LogP contribution in [-0.2, 0) is 4.43 Å². The fourth-order valence-electron chi connectivity index (χ4n) is 2.56. The molecule has 1 aromatic carbocycles. The Balaban J connectivity index is 3.41. The zero-order valence-electron chi connectivity index (χ0n) is 21.1. The summed E-state index contributed by atoms with van der Waals surface area (Å²) < 4.78 is 19.0. The van der Waals surface area contributed by atoms with Crippen LogP contribution < -0.4 is 9.16 Å². The normalized spacial score (nSPS) is 15.5. The fourth-order valence-corrected chi connectivity index (χ4v) is 4.89. The van der Waals surface area contributed by atoms with Crippen LogP contribution >= 0.6 is 0 Å². The Hall–Kier alpha value is -1.09. The summed E-state index contributed by atoms with van der Waals surface area (Å²) >= 11 is 0. The minimum Gasteiger partial charge on any atom is -0.541 e. The van der Waals surface area contributed by atoms with E-state index in [1.165, 1.54) is 0 Å². The molecule has 172 valence electrons. The van der Waals surface area contributed by atoms with Crippen LogP contribution in [0.4, 0.5) is 0 Å². The maximum Gasteiger partial charge on any atom is 0.250 e. The van der Waals surface area contributed by atoms with Crippen molar-refractivity contribution in [3.63, 3.8) is 0 Å². The highest BCUT2D eigenvalue weighted by molar-refractivity contribution is 6.75. The van der Waals surface area contributed by atoms with Gasteiger partial charge in [0.15, 0.2) is 14.1 Å². The van der Waals surface area contributed by atoms with Gasteiger partial charge in [0.2, 0.25) is 0 Å². The van der Waals surface area contributed by atoms with E-state index in [2.05, 4.69) is 74.3 Å². The van der Waals surface area contributed by atoms with Crippen LogP contribution in [0.5, 0.6) is 11.5 Å². The summed E-state index contributed by atoms with van der Waals surface area (Å²) in [6.07, 6.45) is 1.49. The van der Waals surface area contributed by atoms with Gasteiger partial charge >= 0.3 is 0 Å². The molecule has 0 saturated carbocycles. The van der Waals surface area contributed by atoms with Gasteiger partial charge in [0.1, 0.15) is 5.75 Å². The first-order chi connectivity index (χ1) is 13.5. The van der Waals surface area contributed by atoms with Crippen LogP contribution in [0.25, 0.3) is 0 Å². The Labute approximate surface area is 186 Å². The topological polar surface area (TPSA) is 47.9 Å².